The van der Waals surface area contributed by atoms with Crippen LogP contribution in [-0.2, 0) is 56.0 Å². The normalized spacial score (nSPS) is 21.6. The van der Waals surface area contributed by atoms with Gasteiger partial charge in [0.25, 0.3) is 23.6 Å². The van der Waals surface area contributed by atoms with Crippen molar-refractivity contribution in [3.63, 3.8) is 0 Å². The molecule has 2 aromatic carbocycles. The Hall–Kier alpha value is -7.15. The first-order chi connectivity index (χ1) is 30.5. The zero-order valence-corrected chi connectivity index (χ0v) is 35.6. The second-order valence-corrected chi connectivity index (χ2v) is 16.1. The average molecular weight is 909 g/mol. The quantitative estimate of drug-likeness (QED) is 0.0638. The minimum Gasteiger partial charge on any atom is -0.481 e. The van der Waals surface area contributed by atoms with Gasteiger partial charge in [0.2, 0.25) is 11.8 Å². The number of rotatable bonds is 18. The van der Waals surface area contributed by atoms with E-state index in [4.69, 9.17) is 21.7 Å². The van der Waals surface area contributed by atoms with Gasteiger partial charge in [-0.15, -0.1) is 0 Å². The number of carbonyl (C=O) groups excluding carboxylic acids is 6. The fourth-order valence-electron chi connectivity index (χ4n) is 7.17. The number of aliphatic hydroxyl groups is 2. The van der Waals surface area contributed by atoms with Gasteiger partial charge in [0.15, 0.2) is 11.1 Å². The molecule has 0 aliphatic carbocycles. The van der Waals surface area contributed by atoms with Gasteiger partial charge in [0, 0.05) is 33.1 Å². The molecule has 6 amide bonds. The number of nitrogens with zero attached hydrogens (tertiary/aromatic N) is 4. The lowest BCUT2D eigenvalue weighted by Crippen LogP contribution is -2.63. The van der Waals surface area contributed by atoms with Gasteiger partial charge in [0.1, 0.15) is 22.9 Å². The van der Waals surface area contributed by atoms with Crippen molar-refractivity contribution in [1.29, 1.82) is 0 Å². The van der Waals surface area contributed by atoms with Crippen LogP contribution in [0.5, 0.6) is 0 Å². The second-order valence-electron chi connectivity index (χ2n) is 16.1. The number of amides is 6. The van der Waals surface area contributed by atoms with Gasteiger partial charge in [-0.25, -0.2) is 20.0 Å². The zero-order valence-electron chi connectivity index (χ0n) is 35.6. The minimum absolute atomic E-state index is 0.00542. The predicted octanol–water partition coefficient (Wildman–Crippen LogP) is -3.87. The summed E-state index contributed by atoms with van der Waals surface area (Å²) in [5, 5.41) is 62.8. The van der Waals surface area contributed by atoms with Crippen LogP contribution >= 0.6 is 0 Å². The number of carboxylic acid groups (broad SMARTS) is 3. The number of aliphatic hydroxyl groups excluding tert-OH is 2. The summed E-state index contributed by atoms with van der Waals surface area (Å²) in [5.74, 6) is -9.19. The molecule has 5 rings (SSSR count). The van der Waals surface area contributed by atoms with Crippen molar-refractivity contribution in [3.8, 4) is 0 Å². The summed E-state index contributed by atoms with van der Waals surface area (Å²) >= 11 is 0. The lowest BCUT2D eigenvalue weighted by molar-refractivity contribution is -0.151. The summed E-state index contributed by atoms with van der Waals surface area (Å²) in [6, 6.07) is 15.1. The lowest BCUT2D eigenvalue weighted by atomic mass is 9.73. The fraction of sp³-hybridized carbons (Fsp3) is 0.439. The van der Waals surface area contributed by atoms with Crippen LogP contribution < -0.4 is 32.8 Å². The molecule has 3 aliphatic rings. The SMILES string of the molecule is CC(N)(C(=O)O)C(=O)NC(CO)C(=O)NCC1(Cc2ccccc2)C(=O)NN=C1CC(=O)O.CN1N=C2CCN(C(=O)C(CO)NC(=O)C(C)(N)C(=O)O)CC2(Cc2ccccc2)C1=O. The van der Waals surface area contributed by atoms with Gasteiger partial charge in [-0.1, -0.05) is 60.7 Å². The zero-order chi connectivity index (χ0) is 48.5. The molecule has 350 valence electrons. The van der Waals surface area contributed by atoms with Crippen molar-refractivity contribution in [2.75, 3.05) is 39.9 Å². The number of carbonyl (C=O) groups is 9. The maximum Gasteiger partial charge on any atom is 0.333 e. The Balaban J connectivity index is 0.000000285. The van der Waals surface area contributed by atoms with Crippen molar-refractivity contribution in [2.24, 2.45) is 32.5 Å². The highest BCUT2D eigenvalue weighted by molar-refractivity contribution is 6.17. The molecule has 24 nitrogen and oxygen atoms in total. The van der Waals surface area contributed by atoms with E-state index >= 15 is 0 Å². The molecule has 0 aromatic heterocycles. The molecule has 24 heteroatoms. The van der Waals surface area contributed by atoms with Crippen molar-refractivity contribution in [2.45, 2.75) is 62.7 Å². The molecule has 3 heterocycles. The van der Waals surface area contributed by atoms with Gasteiger partial charge < -0.3 is 57.9 Å². The van der Waals surface area contributed by atoms with E-state index in [2.05, 4.69) is 26.3 Å². The van der Waals surface area contributed by atoms with Gasteiger partial charge >= 0.3 is 17.9 Å². The van der Waals surface area contributed by atoms with Gasteiger partial charge in [-0.05, 0) is 37.8 Å². The van der Waals surface area contributed by atoms with Crippen LogP contribution in [0.2, 0.25) is 0 Å². The Bertz CT molecular complexity index is 2250. The largest absolute Gasteiger partial charge is 0.481 e. The summed E-state index contributed by atoms with van der Waals surface area (Å²) < 4.78 is 0. The smallest absolute Gasteiger partial charge is 0.333 e. The monoisotopic (exact) mass is 908 g/mol. The Kier molecular flexibility index (Phi) is 16.0. The second kappa shape index (κ2) is 20.6. The first kappa shape index (κ1) is 50.5. The number of nitrogens with two attached hydrogens (primary N) is 2. The highest BCUT2D eigenvalue weighted by atomic mass is 16.4. The third-order valence-electron chi connectivity index (χ3n) is 11.2. The average Bonchev–Trinajstić information content (AvgIpc) is 3.69. The number of carboxylic acids is 3. The van der Waals surface area contributed by atoms with E-state index in [1.165, 1.54) is 9.91 Å². The highest BCUT2D eigenvalue weighted by Gasteiger charge is 2.54. The van der Waals surface area contributed by atoms with Gasteiger partial charge in [0.05, 0.1) is 31.1 Å². The van der Waals surface area contributed by atoms with E-state index in [0.29, 0.717) is 24.1 Å². The molecule has 6 unspecified atom stereocenters. The molecule has 0 saturated carbocycles. The van der Waals surface area contributed by atoms with Crippen LogP contribution in [-0.4, -0.2) is 163 Å². The number of hydrogen-bond donors (Lipinski definition) is 11. The van der Waals surface area contributed by atoms with E-state index in [1.807, 2.05) is 35.6 Å². The van der Waals surface area contributed by atoms with Crippen LogP contribution in [0.4, 0.5) is 0 Å². The maximum atomic E-state index is 13.1. The van der Waals surface area contributed by atoms with Crippen LogP contribution in [0.25, 0.3) is 0 Å². The molecule has 0 spiro atoms. The van der Waals surface area contributed by atoms with Crippen molar-refractivity contribution < 1.29 is 68.7 Å². The van der Waals surface area contributed by atoms with Crippen molar-refractivity contribution in [1.82, 2.24) is 31.3 Å². The fourth-order valence-corrected chi connectivity index (χ4v) is 7.17. The molecule has 6 atom stereocenters. The Labute approximate surface area is 371 Å². The van der Waals surface area contributed by atoms with Crippen LogP contribution in [0, 0.1) is 10.8 Å². The number of piperidine rings is 1. The third kappa shape index (κ3) is 11.2. The predicted molar refractivity (Wildman–Crippen MR) is 226 cm³/mol. The van der Waals surface area contributed by atoms with Crippen molar-refractivity contribution >= 4 is 64.8 Å². The van der Waals surface area contributed by atoms with Crippen LogP contribution in [0.15, 0.2) is 70.9 Å². The number of aliphatic carboxylic acids is 3. The standard InChI is InChI=1S/C21H27N5O6.C20H25N5O8/c1-20(22,19(31)32)17(29)23-14(11-27)16(28)26-9-8-15-21(12-26,18(30)25(2)24-15)10-13-6-4-3-5-7-13;1-19(21,18(32)33)16(30)23-12(9-26)15(29)22-10-20(8-11-5-3-2-4-6-11)13(7-14(27)28)24-25-17(20)31/h3-7,14,27H,8-12,22H2,1-2H3,(H,23,29)(H,31,32);2-6,12,26H,7-10,21H2,1H3,(H,22,29)(H,23,30)(H,25,31)(H,27,28)(H,32,33). The molecule has 2 aromatic rings. The van der Waals surface area contributed by atoms with Crippen LogP contribution in [0.1, 0.15) is 37.8 Å². The molecule has 0 bridgehead atoms. The van der Waals surface area contributed by atoms with Gasteiger partial charge in [-0.2, -0.15) is 10.2 Å². The molecular weight excluding hydrogens is 857 g/mol. The highest BCUT2D eigenvalue weighted by Crippen LogP contribution is 2.38. The summed E-state index contributed by atoms with van der Waals surface area (Å²) in [7, 11) is 1.57. The number of benzene rings is 2. The summed E-state index contributed by atoms with van der Waals surface area (Å²) in [6.07, 6.45) is 0.147. The Morgan fingerprint density at radius 1 is 0.815 bits per heavy atom. The Morgan fingerprint density at radius 3 is 1.82 bits per heavy atom. The third-order valence-corrected chi connectivity index (χ3v) is 11.2. The number of hydrazone groups is 2. The molecule has 65 heavy (non-hydrogen) atoms. The Morgan fingerprint density at radius 2 is 1.32 bits per heavy atom. The molecule has 3 aliphatic heterocycles. The number of hydrogen-bond acceptors (Lipinski definition) is 15. The maximum absolute atomic E-state index is 13.1. The van der Waals surface area contributed by atoms with Gasteiger partial charge in [-0.3, -0.25) is 33.6 Å². The van der Waals surface area contributed by atoms with E-state index in [0.717, 1.165) is 19.4 Å². The molecule has 13 N–H and O–H groups in total. The lowest BCUT2D eigenvalue weighted by Gasteiger charge is -2.40. The topological polar surface area (TPSA) is 386 Å². The van der Waals surface area contributed by atoms with E-state index < -0.39 is 108 Å². The molecule has 1 saturated heterocycles. The summed E-state index contributed by atoms with van der Waals surface area (Å²) in [6.45, 7) is 0.134. The number of nitrogens with one attached hydrogen (secondary N) is 4. The molecular formula is C41H52N10O14. The van der Waals surface area contributed by atoms with E-state index in [9.17, 15) is 58.5 Å². The minimum atomic E-state index is -2.35. The first-order valence-corrected chi connectivity index (χ1v) is 19.9. The molecule has 1 fully saturated rings. The number of fused-ring (bicyclic) bond motifs is 1. The van der Waals surface area contributed by atoms with E-state index in [-0.39, 0.29) is 31.1 Å². The van der Waals surface area contributed by atoms with Crippen molar-refractivity contribution in [3.05, 3.63) is 71.8 Å². The number of likely N-dealkylation sites (tertiary alicyclic amines) is 1. The molecule has 0 radical (unpaired) electrons. The van der Waals surface area contributed by atoms with E-state index in [1.54, 1.807) is 37.4 Å². The summed E-state index contributed by atoms with van der Waals surface area (Å²) in [4.78, 5) is 111. The summed E-state index contributed by atoms with van der Waals surface area (Å²) in [5.41, 5.74) is 8.24. The first-order valence-electron chi connectivity index (χ1n) is 19.9. The van der Waals surface area contributed by atoms with Crippen LogP contribution in [0.3, 0.4) is 0 Å².